The molecule has 47 heavy (non-hydrogen) atoms. The molecule has 0 unspecified atom stereocenters. The van der Waals surface area contributed by atoms with Crippen LogP contribution in [0.3, 0.4) is 0 Å². The summed E-state index contributed by atoms with van der Waals surface area (Å²) in [5.41, 5.74) is 17.3. The maximum Gasteiger partial charge on any atom is 0.266 e. The number of ether oxygens (including phenoxy) is 2. The van der Waals surface area contributed by atoms with Crippen LogP contribution < -0.4 is 15.6 Å². The summed E-state index contributed by atoms with van der Waals surface area (Å²) in [6.45, 7) is 0.917. The third-order valence-electron chi connectivity index (χ3n) is 7.74. The highest BCUT2D eigenvalue weighted by Gasteiger charge is 2.53. The molecule has 1 aliphatic rings. The van der Waals surface area contributed by atoms with Crippen LogP contribution in [0.25, 0.3) is 10.4 Å². The normalized spacial score (nSPS) is 16.9. The van der Waals surface area contributed by atoms with Crippen molar-refractivity contribution in [3.8, 4) is 5.75 Å². The van der Waals surface area contributed by atoms with Crippen molar-refractivity contribution in [3.05, 3.63) is 146 Å². The van der Waals surface area contributed by atoms with Gasteiger partial charge in [0.05, 0.1) is 13.2 Å². The van der Waals surface area contributed by atoms with Gasteiger partial charge in [0.1, 0.15) is 11.6 Å². The summed E-state index contributed by atoms with van der Waals surface area (Å²) in [6.07, 6.45) is 0.388. The van der Waals surface area contributed by atoms with Gasteiger partial charge >= 0.3 is 0 Å². The van der Waals surface area contributed by atoms with Crippen molar-refractivity contribution in [1.29, 1.82) is 0 Å². The van der Waals surface area contributed by atoms with Gasteiger partial charge in [0.15, 0.2) is 11.6 Å². The predicted molar refractivity (Wildman–Crippen MR) is 180 cm³/mol. The molecule has 0 radical (unpaired) electrons. The third-order valence-corrected chi connectivity index (χ3v) is 8.27. The van der Waals surface area contributed by atoms with E-state index in [4.69, 9.17) is 25.1 Å². The van der Waals surface area contributed by atoms with Crippen LogP contribution in [0.2, 0.25) is 0 Å². The Labute approximate surface area is 280 Å². The van der Waals surface area contributed by atoms with Gasteiger partial charge in [-0.1, -0.05) is 69.6 Å². The number of aliphatic hydroxyl groups excluding tert-OH is 1. The summed E-state index contributed by atoms with van der Waals surface area (Å²) < 4.78 is 26.5. The number of carbonyl (C=O) groups is 1. The monoisotopic (exact) mass is 700 g/mol. The molecule has 1 amide bonds. The highest BCUT2D eigenvalue weighted by atomic mass is 79.9. The number of aliphatic imine (C=N–C) groups is 1. The number of benzene rings is 4. The molecule has 10 nitrogen and oxygen atoms in total. The van der Waals surface area contributed by atoms with E-state index < -0.39 is 17.6 Å². The highest BCUT2D eigenvalue weighted by molar-refractivity contribution is 9.10. The first-order valence-electron chi connectivity index (χ1n) is 15.1. The molecule has 2 atom stereocenters. The van der Waals surface area contributed by atoms with E-state index in [-0.39, 0.29) is 31.3 Å². The number of hydrazine groups is 1. The van der Waals surface area contributed by atoms with Gasteiger partial charge in [-0.3, -0.25) is 10.2 Å². The van der Waals surface area contributed by atoms with Gasteiger partial charge in [-0.05, 0) is 82.7 Å². The lowest BCUT2D eigenvalue weighted by Gasteiger charge is -2.31. The Kier molecular flexibility index (Phi) is 11.6. The lowest BCUT2D eigenvalue weighted by Crippen LogP contribution is -2.54. The molecule has 4 aromatic rings. The van der Waals surface area contributed by atoms with Crippen LogP contribution in [0.1, 0.15) is 40.3 Å². The first-order valence-corrected chi connectivity index (χ1v) is 15.9. The Morgan fingerprint density at radius 3 is 2.47 bits per heavy atom. The van der Waals surface area contributed by atoms with Gasteiger partial charge in [0.2, 0.25) is 5.90 Å². The van der Waals surface area contributed by atoms with Gasteiger partial charge in [-0.15, -0.1) is 0 Å². The predicted octanol–water partition coefficient (Wildman–Crippen LogP) is 6.52. The number of azide groups is 1. The molecule has 0 aliphatic carbocycles. The number of nitrogens with one attached hydrogen (secondary N) is 2. The van der Waals surface area contributed by atoms with E-state index in [2.05, 4.69) is 36.8 Å². The highest BCUT2D eigenvalue weighted by Crippen LogP contribution is 2.43. The minimum atomic E-state index is -1.48. The van der Waals surface area contributed by atoms with Crippen molar-refractivity contribution in [2.24, 2.45) is 10.1 Å². The molecular formula is C35H34BrFN6O4. The zero-order valence-corrected chi connectivity index (χ0v) is 27.1. The number of rotatable bonds is 15. The second-order valence-corrected chi connectivity index (χ2v) is 11.8. The summed E-state index contributed by atoms with van der Waals surface area (Å²) in [4.78, 5) is 22.4. The standard InChI is InChI=1S/C35H34BrFN6O4/c36-29-12-8-25(9-13-29)32-35(22-27-4-1-2-5-28(27)23-40-43-38,34(45)42-39-19-18-24-6-14-30(37)15-7-24)41-33(47-32)26-10-16-31(17-11-26)46-21-3-20-44/h1-2,4-17,32,39,44H,3,18-23H2,(H,42,45)/t32-,35-/m0/s1. The number of hydrogen-bond donors (Lipinski definition) is 3. The number of aliphatic hydroxyl groups is 1. The van der Waals surface area contributed by atoms with Crippen LogP contribution in [-0.2, 0) is 28.9 Å². The van der Waals surface area contributed by atoms with E-state index >= 15 is 0 Å². The molecule has 3 N–H and O–H groups in total. The van der Waals surface area contributed by atoms with E-state index in [1.807, 2.05) is 60.7 Å². The largest absolute Gasteiger partial charge is 0.494 e. The molecule has 5 rings (SSSR count). The fraction of sp³-hybridized carbons (Fsp3) is 0.257. The van der Waals surface area contributed by atoms with Crippen LogP contribution in [0.5, 0.6) is 5.75 Å². The van der Waals surface area contributed by atoms with E-state index in [1.54, 1.807) is 24.3 Å². The van der Waals surface area contributed by atoms with E-state index in [0.29, 0.717) is 37.3 Å². The fourth-order valence-corrected chi connectivity index (χ4v) is 5.58. The minimum absolute atomic E-state index is 0.0391. The number of amides is 1. The fourth-order valence-electron chi connectivity index (χ4n) is 5.31. The average Bonchev–Trinajstić information content (AvgIpc) is 3.48. The Morgan fingerprint density at radius 2 is 1.77 bits per heavy atom. The molecule has 4 aromatic carbocycles. The molecule has 1 aliphatic heterocycles. The van der Waals surface area contributed by atoms with Crippen molar-refractivity contribution >= 4 is 27.7 Å². The molecule has 0 aromatic heterocycles. The zero-order valence-electron chi connectivity index (χ0n) is 25.5. The average molecular weight is 702 g/mol. The van der Waals surface area contributed by atoms with E-state index in [9.17, 15) is 9.18 Å². The van der Waals surface area contributed by atoms with Crippen molar-refractivity contribution in [2.45, 2.75) is 37.5 Å². The van der Waals surface area contributed by atoms with Gasteiger partial charge in [-0.25, -0.2) is 14.8 Å². The van der Waals surface area contributed by atoms with Gasteiger partial charge in [0.25, 0.3) is 5.91 Å². The molecule has 1 heterocycles. The van der Waals surface area contributed by atoms with Gasteiger partial charge in [-0.2, -0.15) is 0 Å². The summed E-state index contributed by atoms with van der Waals surface area (Å²) in [5, 5.41) is 12.8. The van der Waals surface area contributed by atoms with Crippen molar-refractivity contribution < 1.29 is 23.8 Å². The molecule has 242 valence electrons. The quantitative estimate of drug-likeness (QED) is 0.0426. The van der Waals surface area contributed by atoms with Crippen LogP contribution in [0.15, 0.2) is 112 Å². The lowest BCUT2D eigenvalue weighted by molar-refractivity contribution is -0.130. The second kappa shape index (κ2) is 16.2. The summed E-state index contributed by atoms with van der Waals surface area (Å²) in [7, 11) is 0. The molecule has 0 saturated heterocycles. The lowest BCUT2D eigenvalue weighted by atomic mass is 9.81. The first-order chi connectivity index (χ1) is 22.9. The van der Waals surface area contributed by atoms with E-state index in [0.717, 1.165) is 26.7 Å². The van der Waals surface area contributed by atoms with Gasteiger partial charge < -0.3 is 14.6 Å². The summed E-state index contributed by atoms with van der Waals surface area (Å²) >= 11 is 3.50. The first kappa shape index (κ1) is 33.6. The van der Waals surface area contributed by atoms with Crippen molar-refractivity contribution in [2.75, 3.05) is 19.8 Å². The van der Waals surface area contributed by atoms with E-state index in [1.165, 1.54) is 12.1 Å². The van der Waals surface area contributed by atoms with Crippen molar-refractivity contribution in [1.82, 2.24) is 10.9 Å². The minimum Gasteiger partial charge on any atom is -0.494 e. The Hall–Kier alpha value is -4.74. The molecule has 0 spiro atoms. The van der Waals surface area contributed by atoms with Crippen molar-refractivity contribution in [3.63, 3.8) is 0 Å². The van der Waals surface area contributed by atoms with Crippen LogP contribution in [-0.4, -0.2) is 42.2 Å². The Bertz CT molecular complexity index is 1730. The topological polar surface area (TPSA) is 141 Å². The Balaban J connectivity index is 1.51. The maximum atomic E-state index is 14.4. The molecule has 0 saturated carbocycles. The smallest absolute Gasteiger partial charge is 0.266 e. The van der Waals surface area contributed by atoms with Crippen LogP contribution in [0, 0.1) is 5.82 Å². The zero-order chi connectivity index (χ0) is 33.1. The molecular weight excluding hydrogens is 667 g/mol. The second-order valence-electron chi connectivity index (χ2n) is 10.9. The number of halogens is 2. The number of nitrogens with zero attached hydrogens (tertiary/aromatic N) is 4. The third kappa shape index (κ3) is 8.55. The summed E-state index contributed by atoms with van der Waals surface area (Å²) in [6, 6.07) is 28.4. The molecule has 0 bridgehead atoms. The Morgan fingerprint density at radius 1 is 1.04 bits per heavy atom. The maximum absolute atomic E-state index is 14.4. The molecule has 0 fully saturated rings. The SMILES string of the molecule is [N-]=[N+]=NCc1ccccc1C[C@]1(C(=O)NNCCc2ccc(F)cc2)N=C(c2ccc(OCCCO)cc2)O[C@H]1c1ccc(Br)cc1. The number of carbonyl (C=O) groups excluding carboxylic acids is 1. The van der Waals surface area contributed by atoms with Gasteiger partial charge in [0, 0.05) is 40.9 Å². The van der Waals surface area contributed by atoms with Crippen LogP contribution >= 0.6 is 15.9 Å². The molecule has 12 heteroatoms. The number of hydrogen-bond acceptors (Lipinski definition) is 7. The van der Waals surface area contributed by atoms with Crippen LogP contribution in [0.4, 0.5) is 4.39 Å². The summed E-state index contributed by atoms with van der Waals surface area (Å²) in [5.74, 6) is 0.193.